The van der Waals surface area contributed by atoms with Gasteiger partial charge in [-0.15, -0.1) is 0 Å². The summed E-state index contributed by atoms with van der Waals surface area (Å²) in [5.41, 5.74) is 0. The standard InChI is InChI=1S/Cr.2K.3O/q;2*+1;;2*-1. The van der Waals surface area contributed by atoms with E-state index in [2.05, 4.69) is 0 Å². The molecule has 0 radical (unpaired) electrons. The molecule has 0 bridgehead atoms. The van der Waals surface area contributed by atoms with Crippen molar-refractivity contribution in [3.05, 3.63) is 0 Å². The van der Waals surface area contributed by atoms with Crippen LogP contribution in [0, 0.1) is 0 Å². The fourth-order valence-corrected chi connectivity index (χ4v) is 0. The Kier molecular flexibility index (Phi) is 30.7. The zero-order chi connectivity index (χ0) is 3.58. The van der Waals surface area contributed by atoms with Gasteiger partial charge in [0, 0.05) is 0 Å². The number of hydrogen-bond donors (Lipinski definition) is 0. The normalized spacial score (nSPS) is 5.83. The molecule has 0 aliphatic heterocycles. The summed E-state index contributed by atoms with van der Waals surface area (Å²) in [6, 6.07) is 0. The summed E-state index contributed by atoms with van der Waals surface area (Å²) in [6.07, 6.45) is 0. The average Bonchev–Trinajstić information content (AvgIpc) is 0.811. The van der Waals surface area contributed by atoms with Gasteiger partial charge >= 0.3 is 130 Å². The molecule has 0 aromatic carbocycles. The first-order valence-corrected chi connectivity index (χ1v) is 2.06. The minimum atomic E-state index is -3.79. The van der Waals surface area contributed by atoms with E-state index in [1.165, 1.54) is 0 Å². The summed E-state index contributed by atoms with van der Waals surface area (Å²) in [7, 11) is 0. The van der Waals surface area contributed by atoms with Crippen molar-refractivity contribution in [2.45, 2.75) is 0 Å². The first kappa shape index (κ1) is 16.3. The Morgan fingerprint density at radius 1 is 1.17 bits per heavy atom. The first-order chi connectivity index (χ1) is 1.73. The molecule has 0 saturated heterocycles. The summed E-state index contributed by atoms with van der Waals surface area (Å²) >= 11 is -3.79. The molecule has 0 rings (SSSR count). The van der Waals surface area contributed by atoms with Gasteiger partial charge in [-0.2, -0.15) is 0 Å². The minimum absolute atomic E-state index is 0. The van der Waals surface area contributed by atoms with Crippen LogP contribution in [0.4, 0.5) is 0 Å². The molecule has 0 aliphatic carbocycles. The molecule has 0 unspecified atom stereocenters. The van der Waals surface area contributed by atoms with Crippen LogP contribution in [0.2, 0.25) is 0 Å². The third kappa shape index (κ3) is 25.8. The molecule has 0 spiro atoms. The third-order valence-corrected chi connectivity index (χ3v) is 0. The summed E-state index contributed by atoms with van der Waals surface area (Å²) in [5, 5.41) is 0. The van der Waals surface area contributed by atoms with Crippen molar-refractivity contribution in [2.24, 2.45) is 0 Å². The Morgan fingerprint density at radius 3 is 1.17 bits per heavy atom. The van der Waals surface area contributed by atoms with Crippen molar-refractivity contribution in [3.8, 4) is 0 Å². The summed E-state index contributed by atoms with van der Waals surface area (Å²) in [6.45, 7) is 0. The molecule has 0 N–H and O–H groups in total. The molecule has 0 saturated carbocycles. The quantitative estimate of drug-likeness (QED) is 0.346. The van der Waals surface area contributed by atoms with Crippen molar-refractivity contribution >= 4 is 0 Å². The van der Waals surface area contributed by atoms with Crippen molar-refractivity contribution in [3.63, 3.8) is 0 Å². The van der Waals surface area contributed by atoms with Gasteiger partial charge in [0.2, 0.25) is 0 Å². The van der Waals surface area contributed by atoms with Crippen LogP contribution in [0.15, 0.2) is 0 Å². The van der Waals surface area contributed by atoms with E-state index in [1.54, 1.807) is 0 Å². The second-order valence-corrected chi connectivity index (χ2v) is 0.842. The zero-order valence-electron chi connectivity index (χ0n) is 3.63. The van der Waals surface area contributed by atoms with Gasteiger partial charge in [0.1, 0.15) is 0 Å². The molecule has 0 fully saturated rings. The molecule has 6 heavy (non-hydrogen) atoms. The van der Waals surface area contributed by atoms with Gasteiger partial charge in [-0.1, -0.05) is 0 Å². The van der Waals surface area contributed by atoms with Gasteiger partial charge in [0.25, 0.3) is 0 Å². The fraction of sp³-hybridized carbons (Fsp3) is 0. The molecule has 0 aromatic rings. The van der Waals surface area contributed by atoms with Crippen LogP contribution in [0.25, 0.3) is 0 Å². The van der Waals surface area contributed by atoms with Crippen LogP contribution in [0.5, 0.6) is 0 Å². The number of hydrogen-bond acceptors (Lipinski definition) is 3. The van der Waals surface area contributed by atoms with Crippen molar-refractivity contribution in [1.29, 1.82) is 0 Å². The SMILES string of the molecule is [K+].[K+].[O]=[Cr]([O-])[O-]. The molecule has 0 amide bonds. The van der Waals surface area contributed by atoms with Crippen LogP contribution < -0.4 is 111 Å². The van der Waals surface area contributed by atoms with E-state index >= 15 is 0 Å². The molecule has 0 aromatic heterocycles. The predicted molar refractivity (Wildman–Crippen MR) is 0.686 cm³/mol. The second-order valence-electron chi connectivity index (χ2n) is 0.204. The van der Waals surface area contributed by atoms with Crippen LogP contribution >= 0.6 is 0 Å². The molecule has 0 atom stereocenters. The van der Waals surface area contributed by atoms with Gasteiger partial charge in [-0.05, 0) is 0 Å². The molecule has 0 aliphatic rings. The molecule has 6 heteroatoms. The Hall–Kier alpha value is 3.53. The maximum atomic E-state index is 8.54. The van der Waals surface area contributed by atoms with Gasteiger partial charge in [-0.25, -0.2) is 0 Å². The van der Waals surface area contributed by atoms with Gasteiger partial charge in [0.15, 0.2) is 0 Å². The van der Waals surface area contributed by atoms with E-state index in [1.807, 2.05) is 0 Å². The molecule has 0 heterocycles. The average molecular weight is 178 g/mol. The molecule has 3 nitrogen and oxygen atoms in total. The van der Waals surface area contributed by atoms with Crippen LogP contribution in [-0.4, -0.2) is 0 Å². The molecular formula is CrK2O3. The monoisotopic (exact) mass is 178 g/mol. The van der Waals surface area contributed by atoms with Crippen LogP contribution in [0.1, 0.15) is 0 Å². The predicted octanol–water partition coefficient (Wildman–Crippen LogP) is -8.49. The maximum absolute atomic E-state index is 8.54. The Labute approximate surface area is 126 Å². The first-order valence-electron chi connectivity index (χ1n) is 0.500. The Morgan fingerprint density at radius 2 is 1.17 bits per heavy atom. The van der Waals surface area contributed by atoms with Crippen molar-refractivity contribution < 1.29 is 130 Å². The van der Waals surface area contributed by atoms with E-state index in [4.69, 9.17) is 12.1 Å². The Balaban J connectivity index is -0.0000000450. The van der Waals surface area contributed by atoms with E-state index < -0.39 is 14.8 Å². The van der Waals surface area contributed by atoms with Crippen molar-refractivity contribution in [1.82, 2.24) is 0 Å². The molecular weight excluding hydrogens is 178 g/mol. The second kappa shape index (κ2) is 11.3. The van der Waals surface area contributed by atoms with E-state index in [-0.39, 0.29) is 103 Å². The number of rotatable bonds is 0. The Bertz CT molecular complexity index is 31.8. The van der Waals surface area contributed by atoms with E-state index in [0.29, 0.717) is 0 Å². The summed E-state index contributed by atoms with van der Waals surface area (Å²) in [5.74, 6) is 0. The fourth-order valence-electron chi connectivity index (χ4n) is 0. The van der Waals surface area contributed by atoms with Gasteiger partial charge in [-0.3, -0.25) is 0 Å². The summed E-state index contributed by atoms with van der Waals surface area (Å²) < 4.78 is 25.6. The topological polar surface area (TPSA) is 63.2 Å². The third-order valence-electron chi connectivity index (χ3n) is 0. The van der Waals surface area contributed by atoms with E-state index in [0.717, 1.165) is 0 Å². The van der Waals surface area contributed by atoms with Gasteiger partial charge < -0.3 is 0 Å². The van der Waals surface area contributed by atoms with Gasteiger partial charge in [0.05, 0.1) is 0 Å². The molecule has 26 valence electrons. The zero-order valence-corrected chi connectivity index (χ0v) is 11.2. The van der Waals surface area contributed by atoms with E-state index in [9.17, 15) is 0 Å². The van der Waals surface area contributed by atoms with Crippen LogP contribution in [-0.2, 0) is 18.6 Å². The summed E-state index contributed by atoms with van der Waals surface area (Å²) in [4.78, 5) is 0. The van der Waals surface area contributed by atoms with Crippen LogP contribution in [0.3, 0.4) is 0 Å². The van der Waals surface area contributed by atoms with Crippen molar-refractivity contribution in [2.75, 3.05) is 0 Å².